The Hall–Kier alpha value is -1.02. The monoisotopic (exact) mass is 232 g/mol. The van der Waals surface area contributed by atoms with Crippen LogP contribution in [0.3, 0.4) is 0 Å². The molecule has 2 heteroatoms. The van der Waals surface area contributed by atoms with Gasteiger partial charge in [0.25, 0.3) is 0 Å². The highest BCUT2D eigenvalue weighted by molar-refractivity contribution is 5.20. The van der Waals surface area contributed by atoms with Gasteiger partial charge in [-0.15, -0.1) is 0 Å². The summed E-state index contributed by atoms with van der Waals surface area (Å²) in [5, 5.41) is 0. The van der Waals surface area contributed by atoms with E-state index in [0.29, 0.717) is 0 Å². The Morgan fingerprint density at radius 3 is 2.88 bits per heavy atom. The highest BCUT2D eigenvalue weighted by atomic mass is 16.5. The Morgan fingerprint density at radius 1 is 1.29 bits per heavy atom. The zero-order chi connectivity index (χ0) is 11.9. The predicted octanol–water partition coefficient (Wildman–Crippen LogP) is 3.00. The van der Waals surface area contributed by atoms with Crippen molar-refractivity contribution >= 4 is 0 Å². The minimum absolute atomic E-state index is 0.786. The van der Waals surface area contributed by atoms with E-state index in [2.05, 4.69) is 11.8 Å². The fraction of sp³-hybridized carbons (Fsp3) is 0.533. The summed E-state index contributed by atoms with van der Waals surface area (Å²) in [5.41, 5.74) is 0. The highest BCUT2D eigenvalue weighted by Gasteiger charge is 2.18. The Kier molecular flexibility index (Phi) is 4.87. The summed E-state index contributed by atoms with van der Waals surface area (Å²) in [5.74, 6) is 1.77. The van der Waals surface area contributed by atoms with Gasteiger partial charge in [0, 0.05) is 6.54 Å². The molecule has 0 aliphatic carbocycles. The van der Waals surface area contributed by atoms with Gasteiger partial charge in [0.2, 0.25) is 0 Å². The molecular weight excluding hydrogens is 210 g/mol. The van der Waals surface area contributed by atoms with Crippen molar-refractivity contribution < 1.29 is 4.74 Å². The van der Waals surface area contributed by atoms with Crippen LogP contribution in [-0.4, -0.2) is 31.1 Å². The van der Waals surface area contributed by atoms with Crippen LogP contribution in [0.15, 0.2) is 30.3 Å². The first-order valence-electron chi connectivity index (χ1n) is 6.58. The van der Waals surface area contributed by atoms with E-state index in [1.807, 2.05) is 30.3 Å². The second-order valence-corrected chi connectivity index (χ2v) is 4.76. The minimum atomic E-state index is 0.786. The zero-order valence-electron chi connectivity index (χ0n) is 10.5. The van der Waals surface area contributed by atoms with Crippen molar-refractivity contribution in [1.82, 2.24) is 4.90 Å². The molecule has 0 spiro atoms. The Bertz CT molecular complexity index is 312. The average molecular weight is 232 g/mol. The number of likely N-dealkylation sites (tertiary alicyclic amines) is 1. The zero-order valence-corrected chi connectivity index (χ0v) is 10.5. The van der Waals surface area contributed by atoms with Crippen LogP contribution in [-0.2, 0) is 0 Å². The maximum absolute atomic E-state index is 5.74. The molecule has 0 aromatic heterocycles. The van der Waals surface area contributed by atoms with Crippen molar-refractivity contribution in [3.63, 3.8) is 0 Å². The number of hydrogen-bond donors (Lipinski definition) is 0. The number of hydrogen-bond acceptors (Lipinski definition) is 2. The average Bonchev–Trinajstić information content (AvgIpc) is 2.40. The largest absolute Gasteiger partial charge is 0.494 e. The van der Waals surface area contributed by atoms with Crippen molar-refractivity contribution in [2.45, 2.75) is 19.3 Å². The van der Waals surface area contributed by atoms with Gasteiger partial charge in [0.1, 0.15) is 5.75 Å². The summed E-state index contributed by atoms with van der Waals surface area (Å²) >= 11 is 0. The van der Waals surface area contributed by atoms with Gasteiger partial charge in [-0.1, -0.05) is 18.2 Å². The first-order chi connectivity index (χ1) is 8.38. The molecule has 2 nitrogen and oxygen atoms in total. The molecule has 0 bridgehead atoms. The van der Waals surface area contributed by atoms with Crippen LogP contribution in [0, 0.1) is 12.8 Å². The van der Waals surface area contributed by atoms with E-state index in [9.17, 15) is 0 Å². The SMILES string of the molecule is [CH2]CN1CCC[C@@H](CCOc2ccccc2)C1. The molecule has 1 radical (unpaired) electrons. The molecule has 0 amide bonds. The topological polar surface area (TPSA) is 12.5 Å². The molecule has 17 heavy (non-hydrogen) atoms. The van der Waals surface area contributed by atoms with Crippen LogP contribution in [0.1, 0.15) is 19.3 Å². The van der Waals surface area contributed by atoms with Gasteiger partial charge in [0.05, 0.1) is 6.61 Å². The molecular formula is C15H22NO. The van der Waals surface area contributed by atoms with Gasteiger partial charge in [0.15, 0.2) is 0 Å². The lowest BCUT2D eigenvalue weighted by atomic mass is 9.95. The van der Waals surface area contributed by atoms with Gasteiger partial charge in [-0.2, -0.15) is 0 Å². The number of benzene rings is 1. The number of nitrogens with zero attached hydrogens (tertiary/aromatic N) is 1. The van der Waals surface area contributed by atoms with Crippen LogP contribution >= 0.6 is 0 Å². The molecule has 1 aromatic rings. The van der Waals surface area contributed by atoms with Crippen molar-refractivity contribution in [3.05, 3.63) is 37.3 Å². The third-order valence-corrected chi connectivity index (χ3v) is 3.46. The van der Waals surface area contributed by atoms with E-state index < -0.39 is 0 Å². The maximum Gasteiger partial charge on any atom is 0.119 e. The summed E-state index contributed by atoms with van der Waals surface area (Å²) in [4.78, 5) is 2.44. The van der Waals surface area contributed by atoms with Gasteiger partial charge in [-0.05, 0) is 57.3 Å². The molecule has 1 heterocycles. The van der Waals surface area contributed by atoms with Crippen molar-refractivity contribution in [2.24, 2.45) is 5.92 Å². The van der Waals surface area contributed by atoms with E-state index in [1.165, 1.54) is 25.9 Å². The van der Waals surface area contributed by atoms with E-state index in [1.54, 1.807) is 0 Å². The lowest BCUT2D eigenvalue weighted by Crippen LogP contribution is -2.35. The molecule has 1 saturated heterocycles. The molecule has 2 rings (SSSR count). The van der Waals surface area contributed by atoms with Crippen molar-refractivity contribution in [2.75, 3.05) is 26.2 Å². The summed E-state index contributed by atoms with van der Waals surface area (Å²) in [6.07, 6.45) is 3.81. The van der Waals surface area contributed by atoms with Gasteiger partial charge >= 0.3 is 0 Å². The number of rotatable bonds is 5. The molecule has 1 atom stereocenters. The Labute approximate surface area is 105 Å². The quantitative estimate of drug-likeness (QED) is 0.774. The van der Waals surface area contributed by atoms with Crippen LogP contribution in [0.2, 0.25) is 0 Å². The molecule has 1 aromatic carbocycles. The standard InChI is InChI=1S/C15H22NO/c1-2-16-11-6-7-14(13-16)10-12-17-15-8-4-3-5-9-15/h3-5,8-9,14H,1-2,6-7,10-13H2/t14-/m0/s1. The summed E-state index contributed by atoms with van der Waals surface area (Å²) < 4.78 is 5.74. The lowest BCUT2D eigenvalue weighted by Gasteiger charge is -2.31. The summed E-state index contributed by atoms with van der Waals surface area (Å²) in [6.45, 7) is 8.16. The van der Waals surface area contributed by atoms with Gasteiger partial charge in [-0.25, -0.2) is 0 Å². The normalized spacial score (nSPS) is 21.4. The van der Waals surface area contributed by atoms with Crippen LogP contribution in [0.25, 0.3) is 0 Å². The molecule has 1 fully saturated rings. The fourth-order valence-electron chi connectivity index (χ4n) is 2.45. The molecule has 1 aliphatic rings. The summed E-state index contributed by atoms with van der Waals surface area (Å²) in [6, 6.07) is 10.1. The first-order valence-corrected chi connectivity index (χ1v) is 6.58. The Morgan fingerprint density at radius 2 is 2.12 bits per heavy atom. The van der Waals surface area contributed by atoms with Crippen LogP contribution in [0.4, 0.5) is 0 Å². The van der Waals surface area contributed by atoms with Gasteiger partial charge in [-0.3, -0.25) is 0 Å². The number of ether oxygens (including phenoxy) is 1. The fourth-order valence-corrected chi connectivity index (χ4v) is 2.45. The van der Waals surface area contributed by atoms with E-state index in [4.69, 9.17) is 4.74 Å². The predicted molar refractivity (Wildman–Crippen MR) is 71.1 cm³/mol. The van der Waals surface area contributed by atoms with Crippen LogP contribution in [0.5, 0.6) is 5.75 Å². The maximum atomic E-state index is 5.74. The number of para-hydroxylation sites is 1. The second-order valence-electron chi connectivity index (χ2n) is 4.76. The molecule has 93 valence electrons. The first kappa shape index (κ1) is 12.4. The molecule has 0 unspecified atom stereocenters. The highest BCUT2D eigenvalue weighted by Crippen LogP contribution is 2.19. The number of piperidine rings is 1. The minimum Gasteiger partial charge on any atom is -0.494 e. The van der Waals surface area contributed by atoms with Crippen molar-refractivity contribution in [3.8, 4) is 5.75 Å². The molecule has 1 aliphatic heterocycles. The van der Waals surface area contributed by atoms with Crippen molar-refractivity contribution in [1.29, 1.82) is 0 Å². The van der Waals surface area contributed by atoms with E-state index in [-0.39, 0.29) is 0 Å². The van der Waals surface area contributed by atoms with E-state index in [0.717, 1.165) is 31.2 Å². The Balaban J connectivity index is 1.68. The lowest BCUT2D eigenvalue weighted by molar-refractivity contribution is 0.164. The third-order valence-electron chi connectivity index (χ3n) is 3.46. The van der Waals surface area contributed by atoms with Gasteiger partial charge < -0.3 is 9.64 Å². The smallest absolute Gasteiger partial charge is 0.119 e. The second kappa shape index (κ2) is 6.65. The van der Waals surface area contributed by atoms with E-state index >= 15 is 0 Å². The molecule has 0 N–H and O–H groups in total. The third kappa shape index (κ3) is 4.04. The summed E-state index contributed by atoms with van der Waals surface area (Å²) in [7, 11) is 0. The molecule has 0 saturated carbocycles. The van der Waals surface area contributed by atoms with Crippen LogP contribution < -0.4 is 4.74 Å².